The average molecular weight is 396 g/mol. The van der Waals surface area contributed by atoms with E-state index in [1.54, 1.807) is 11.6 Å². The zero-order chi connectivity index (χ0) is 20.4. The molecule has 3 aromatic rings. The molecule has 1 saturated heterocycles. The number of hydrogen-bond acceptors (Lipinski definition) is 6. The first-order valence-corrected chi connectivity index (χ1v) is 10.2. The number of ether oxygens (including phenoxy) is 2. The summed E-state index contributed by atoms with van der Waals surface area (Å²) < 4.78 is 12.8. The Morgan fingerprint density at radius 2 is 2.07 bits per heavy atom. The highest BCUT2D eigenvalue weighted by Gasteiger charge is 2.24. The number of nitrogens with two attached hydrogens (primary N) is 1. The standard InChI is InChI=1S/C22H29N5O2/c1-4-29-19-8-7-16(11-20(19)28-3)13-26-9-5-6-17(14-26)18-12-21(23)27-22(24-18)10-15(2)25-27/h7-8,10-12,17H,4-6,9,13-14,23H2,1-3H3. The minimum absolute atomic E-state index is 0.371. The van der Waals surface area contributed by atoms with Crippen molar-refractivity contribution in [2.24, 2.45) is 0 Å². The van der Waals surface area contributed by atoms with Crippen LogP contribution in [0.15, 0.2) is 30.3 Å². The van der Waals surface area contributed by atoms with Gasteiger partial charge in [-0.2, -0.15) is 9.61 Å². The quantitative estimate of drug-likeness (QED) is 0.689. The van der Waals surface area contributed by atoms with Gasteiger partial charge in [0.2, 0.25) is 0 Å². The van der Waals surface area contributed by atoms with Crippen LogP contribution in [-0.4, -0.2) is 46.3 Å². The van der Waals surface area contributed by atoms with Crippen molar-refractivity contribution in [3.05, 3.63) is 47.3 Å². The molecule has 1 fully saturated rings. The van der Waals surface area contributed by atoms with Crippen LogP contribution in [-0.2, 0) is 6.54 Å². The van der Waals surface area contributed by atoms with Crippen LogP contribution < -0.4 is 15.2 Å². The molecule has 1 unspecified atom stereocenters. The molecule has 154 valence electrons. The fourth-order valence-electron chi connectivity index (χ4n) is 4.13. The van der Waals surface area contributed by atoms with Crippen LogP contribution >= 0.6 is 0 Å². The summed E-state index contributed by atoms with van der Waals surface area (Å²) in [6.45, 7) is 7.48. The van der Waals surface area contributed by atoms with E-state index in [4.69, 9.17) is 20.2 Å². The molecule has 0 amide bonds. The summed E-state index contributed by atoms with van der Waals surface area (Å²) in [6, 6.07) is 10.2. The number of hydrogen-bond donors (Lipinski definition) is 1. The van der Waals surface area contributed by atoms with Crippen molar-refractivity contribution >= 4 is 11.5 Å². The van der Waals surface area contributed by atoms with Crippen molar-refractivity contribution in [1.82, 2.24) is 19.5 Å². The molecular weight excluding hydrogens is 366 g/mol. The molecule has 2 N–H and O–H groups in total. The van der Waals surface area contributed by atoms with Gasteiger partial charge < -0.3 is 15.2 Å². The Balaban J connectivity index is 1.50. The van der Waals surface area contributed by atoms with Crippen molar-refractivity contribution in [2.75, 3.05) is 32.5 Å². The van der Waals surface area contributed by atoms with Crippen LogP contribution in [0.25, 0.3) is 5.65 Å². The number of aromatic nitrogens is 3. The second kappa shape index (κ2) is 8.29. The molecule has 2 aromatic heterocycles. The van der Waals surface area contributed by atoms with E-state index in [0.29, 0.717) is 18.3 Å². The fourth-order valence-corrected chi connectivity index (χ4v) is 4.13. The minimum atomic E-state index is 0.371. The van der Waals surface area contributed by atoms with E-state index in [0.717, 1.165) is 61.0 Å². The molecule has 7 nitrogen and oxygen atoms in total. The Morgan fingerprint density at radius 3 is 2.86 bits per heavy atom. The van der Waals surface area contributed by atoms with Crippen molar-refractivity contribution in [3.63, 3.8) is 0 Å². The molecule has 0 radical (unpaired) electrons. The number of nitrogen functional groups attached to an aromatic ring is 1. The van der Waals surface area contributed by atoms with Crippen molar-refractivity contribution in [2.45, 2.75) is 39.2 Å². The van der Waals surface area contributed by atoms with Gasteiger partial charge in [0, 0.05) is 31.1 Å². The number of anilines is 1. The first-order valence-electron chi connectivity index (χ1n) is 10.2. The normalized spacial score (nSPS) is 17.6. The number of likely N-dealkylation sites (tertiary alicyclic amines) is 1. The van der Waals surface area contributed by atoms with Crippen molar-refractivity contribution in [1.29, 1.82) is 0 Å². The summed E-state index contributed by atoms with van der Waals surface area (Å²) in [5.41, 5.74) is 10.3. The molecular formula is C22H29N5O2. The summed E-state index contributed by atoms with van der Waals surface area (Å²) in [6.07, 6.45) is 2.27. The van der Waals surface area contributed by atoms with Crippen LogP contribution in [0.4, 0.5) is 5.82 Å². The average Bonchev–Trinajstić information content (AvgIpc) is 3.10. The Bertz CT molecular complexity index is 1000. The summed E-state index contributed by atoms with van der Waals surface area (Å²) >= 11 is 0. The molecule has 4 rings (SSSR count). The lowest BCUT2D eigenvalue weighted by Gasteiger charge is -2.32. The van der Waals surface area contributed by atoms with E-state index in [-0.39, 0.29) is 0 Å². The minimum Gasteiger partial charge on any atom is -0.493 e. The predicted octanol–water partition coefficient (Wildman–Crippen LogP) is 3.41. The van der Waals surface area contributed by atoms with Gasteiger partial charge in [-0.05, 0) is 50.9 Å². The number of rotatable bonds is 6. The van der Waals surface area contributed by atoms with Crippen LogP contribution in [0, 0.1) is 6.92 Å². The van der Waals surface area contributed by atoms with E-state index in [1.165, 1.54) is 5.56 Å². The number of nitrogens with zero attached hydrogens (tertiary/aromatic N) is 4. The first kappa shape index (κ1) is 19.5. The maximum Gasteiger partial charge on any atom is 0.161 e. The number of piperidine rings is 1. The number of methoxy groups -OCH3 is 1. The first-order chi connectivity index (χ1) is 14.1. The third-order valence-electron chi connectivity index (χ3n) is 5.45. The summed E-state index contributed by atoms with van der Waals surface area (Å²) in [5, 5.41) is 4.40. The van der Waals surface area contributed by atoms with Gasteiger partial charge in [-0.1, -0.05) is 6.07 Å². The molecule has 1 atom stereocenters. The molecule has 0 bridgehead atoms. The van der Waals surface area contributed by atoms with Crippen LogP contribution in [0.5, 0.6) is 11.5 Å². The molecule has 29 heavy (non-hydrogen) atoms. The maximum atomic E-state index is 6.23. The van der Waals surface area contributed by atoms with E-state index < -0.39 is 0 Å². The molecule has 7 heteroatoms. The van der Waals surface area contributed by atoms with E-state index in [1.807, 2.05) is 32.0 Å². The summed E-state index contributed by atoms with van der Waals surface area (Å²) in [4.78, 5) is 7.32. The van der Waals surface area contributed by atoms with Gasteiger partial charge in [0.25, 0.3) is 0 Å². The molecule has 0 saturated carbocycles. The topological polar surface area (TPSA) is 77.9 Å². The van der Waals surface area contributed by atoms with Crippen LogP contribution in [0.2, 0.25) is 0 Å². The Labute approximate surface area is 171 Å². The molecule has 0 spiro atoms. The second-order valence-electron chi connectivity index (χ2n) is 7.65. The van der Waals surface area contributed by atoms with E-state index in [9.17, 15) is 0 Å². The van der Waals surface area contributed by atoms with Crippen molar-refractivity contribution < 1.29 is 9.47 Å². The van der Waals surface area contributed by atoms with E-state index in [2.05, 4.69) is 22.1 Å². The fraction of sp³-hybridized carbons (Fsp3) is 0.455. The predicted molar refractivity (Wildman–Crippen MR) is 114 cm³/mol. The van der Waals surface area contributed by atoms with Gasteiger partial charge in [0.15, 0.2) is 17.1 Å². The zero-order valence-electron chi connectivity index (χ0n) is 17.4. The highest BCUT2D eigenvalue weighted by Crippen LogP contribution is 2.31. The van der Waals surface area contributed by atoms with Gasteiger partial charge in [-0.25, -0.2) is 4.98 Å². The van der Waals surface area contributed by atoms with Crippen LogP contribution in [0.1, 0.15) is 42.6 Å². The monoisotopic (exact) mass is 395 g/mol. The number of fused-ring (bicyclic) bond motifs is 1. The zero-order valence-corrected chi connectivity index (χ0v) is 17.4. The number of benzene rings is 1. The SMILES string of the molecule is CCOc1ccc(CN2CCCC(c3cc(N)n4nc(C)cc4n3)C2)cc1OC. The molecule has 0 aliphatic carbocycles. The lowest BCUT2D eigenvalue weighted by atomic mass is 9.94. The third kappa shape index (κ3) is 4.15. The molecule has 3 heterocycles. The largest absolute Gasteiger partial charge is 0.493 e. The Kier molecular flexibility index (Phi) is 5.58. The smallest absolute Gasteiger partial charge is 0.161 e. The van der Waals surface area contributed by atoms with Gasteiger partial charge in [0.1, 0.15) is 5.82 Å². The van der Waals surface area contributed by atoms with Gasteiger partial charge >= 0.3 is 0 Å². The second-order valence-corrected chi connectivity index (χ2v) is 7.65. The van der Waals surface area contributed by atoms with Gasteiger partial charge in [-0.3, -0.25) is 4.90 Å². The Morgan fingerprint density at radius 1 is 1.21 bits per heavy atom. The lowest BCUT2D eigenvalue weighted by molar-refractivity contribution is 0.198. The van der Waals surface area contributed by atoms with Gasteiger partial charge in [0.05, 0.1) is 25.1 Å². The molecule has 1 aromatic carbocycles. The summed E-state index contributed by atoms with van der Waals surface area (Å²) in [5.74, 6) is 2.59. The summed E-state index contributed by atoms with van der Waals surface area (Å²) in [7, 11) is 1.68. The van der Waals surface area contributed by atoms with E-state index >= 15 is 0 Å². The maximum absolute atomic E-state index is 6.23. The highest BCUT2D eigenvalue weighted by atomic mass is 16.5. The molecule has 1 aliphatic heterocycles. The Hall–Kier alpha value is -2.80. The lowest BCUT2D eigenvalue weighted by Crippen LogP contribution is -2.34. The highest BCUT2D eigenvalue weighted by molar-refractivity contribution is 5.49. The van der Waals surface area contributed by atoms with Crippen LogP contribution in [0.3, 0.4) is 0 Å². The van der Waals surface area contributed by atoms with Gasteiger partial charge in [-0.15, -0.1) is 0 Å². The third-order valence-corrected chi connectivity index (χ3v) is 5.45. The molecule has 1 aliphatic rings. The van der Waals surface area contributed by atoms with Crippen molar-refractivity contribution in [3.8, 4) is 11.5 Å². The number of aryl methyl sites for hydroxylation is 1.